The molecule has 7 nitrogen and oxygen atoms in total. The first-order valence-corrected chi connectivity index (χ1v) is 8.37. The number of hydrogen-bond donors (Lipinski definition) is 0. The minimum atomic E-state index is -0.474. The minimum absolute atomic E-state index is 0.00123. The topological polar surface area (TPSA) is 87.9 Å². The first kappa shape index (κ1) is 17.9. The van der Waals surface area contributed by atoms with Gasteiger partial charge in [-0.1, -0.05) is 0 Å². The standard InChI is InChI=1S/C19H19NO6/c21-19(26-12-14-3-7-16(8-4-14)20(22)23)15-5-9-17(10-6-15)25-13-18-2-1-11-24-18/h3-10,18H,1-2,11-13H2/t18-/m0/s1. The smallest absolute Gasteiger partial charge is 0.338 e. The van der Waals surface area contributed by atoms with E-state index in [0.29, 0.717) is 23.5 Å². The molecule has 0 N–H and O–H groups in total. The zero-order valence-corrected chi connectivity index (χ0v) is 14.1. The second-order valence-electron chi connectivity index (χ2n) is 5.97. The highest BCUT2D eigenvalue weighted by Gasteiger charge is 2.16. The Bertz CT molecular complexity index is 751. The third kappa shape index (κ3) is 4.80. The molecule has 26 heavy (non-hydrogen) atoms. The Hall–Kier alpha value is -2.93. The van der Waals surface area contributed by atoms with E-state index in [2.05, 4.69) is 0 Å². The van der Waals surface area contributed by atoms with Crippen LogP contribution in [0.1, 0.15) is 28.8 Å². The lowest BCUT2D eigenvalue weighted by molar-refractivity contribution is -0.384. The largest absolute Gasteiger partial charge is 0.491 e. The zero-order chi connectivity index (χ0) is 18.4. The molecule has 0 aliphatic carbocycles. The van der Waals surface area contributed by atoms with Crippen LogP contribution in [0, 0.1) is 10.1 Å². The summed E-state index contributed by atoms with van der Waals surface area (Å²) < 4.78 is 16.4. The molecular weight excluding hydrogens is 338 g/mol. The Kier molecular flexibility index (Phi) is 5.80. The molecule has 1 fully saturated rings. The molecule has 1 aliphatic rings. The molecule has 0 aromatic heterocycles. The fourth-order valence-electron chi connectivity index (χ4n) is 2.60. The Morgan fingerprint density at radius 3 is 2.50 bits per heavy atom. The number of benzene rings is 2. The number of non-ortho nitro benzene ring substituents is 1. The maximum atomic E-state index is 12.1. The van der Waals surface area contributed by atoms with Crippen LogP contribution in [-0.2, 0) is 16.1 Å². The zero-order valence-electron chi connectivity index (χ0n) is 14.1. The monoisotopic (exact) mass is 357 g/mol. The van der Waals surface area contributed by atoms with E-state index < -0.39 is 10.9 Å². The second kappa shape index (κ2) is 8.44. The summed E-state index contributed by atoms with van der Waals surface area (Å²) in [4.78, 5) is 22.2. The van der Waals surface area contributed by atoms with E-state index in [1.807, 2.05) is 0 Å². The molecule has 136 valence electrons. The molecule has 1 aliphatic heterocycles. The summed E-state index contributed by atoms with van der Waals surface area (Å²) in [6.45, 7) is 1.34. The number of carbonyl (C=O) groups is 1. The van der Waals surface area contributed by atoms with E-state index in [-0.39, 0.29) is 18.4 Å². The van der Waals surface area contributed by atoms with Crippen molar-refractivity contribution in [3.05, 3.63) is 69.8 Å². The summed E-state index contributed by atoms with van der Waals surface area (Å²) in [6, 6.07) is 12.6. The van der Waals surface area contributed by atoms with Crippen molar-refractivity contribution in [1.29, 1.82) is 0 Å². The first-order chi connectivity index (χ1) is 12.6. The van der Waals surface area contributed by atoms with Crippen LogP contribution in [0.4, 0.5) is 5.69 Å². The van der Waals surface area contributed by atoms with Gasteiger partial charge in [-0.3, -0.25) is 10.1 Å². The van der Waals surface area contributed by atoms with Crippen LogP contribution in [0.15, 0.2) is 48.5 Å². The third-order valence-electron chi connectivity index (χ3n) is 4.07. The van der Waals surface area contributed by atoms with Crippen molar-refractivity contribution in [2.24, 2.45) is 0 Å². The summed E-state index contributed by atoms with van der Waals surface area (Å²) in [5.74, 6) is 0.210. The summed E-state index contributed by atoms with van der Waals surface area (Å²) in [6.07, 6.45) is 2.21. The lowest BCUT2D eigenvalue weighted by Crippen LogP contribution is -2.16. The van der Waals surface area contributed by atoms with Crippen LogP contribution in [0.2, 0.25) is 0 Å². The molecule has 3 rings (SSSR count). The highest BCUT2D eigenvalue weighted by Crippen LogP contribution is 2.18. The van der Waals surface area contributed by atoms with Gasteiger partial charge >= 0.3 is 5.97 Å². The average Bonchev–Trinajstić information content (AvgIpc) is 3.19. The van der Waals surface area contributed by atoms with Gasteiger partial charge < -0.3 is 14.2 Å². The Balaban J connectivity index is 1.48. The Morgan fingerprint density at radius 2 is 1.88 bits per heavy atom. The van der Waals surface area contributed by atoms with Gasteiger partial charge in [-0.05, 0) is 54.8 Å². The minimum Gasteiger partial charge on any atom is -0.491 e. The second-order valence-corrected chi connectivity index (χ2v) is 5.97. The van der Waals surface area contributed by atoms with Crippen LogP contribution in [0.3, 0.4) is 0 Å². The Morgan fingerprint density at radius 1 is 1.15 bits per heavy atom. The van der Waals surface area contributed by atoms with Crippen molar-refractivity contribution in [2.75, 3.05) is 13.2 Å². The first-order valence-electron chi connectivity index (χ1n) is 8.37. The van der Waals surface area contributed by atoms with Crippen LogP contribution < -0.4 is 4.74 Å². The number of nitro groups is 1. The van der Waals surface area contributed by atoms with Crippen molar-refractivity contribution in [3.8, 4) is 5.75 Å². The molecule has 2 aromatic rings. The van der Waals surface area contributed by atoms with Crippen molar-refractivity contribution in [2.45, 2.75) is 25.6 Å². The van der Waals surface area contributed by atoms with Gasteiger partial charge in [-0.15, -0.1) is 0 Å². The molecule has 7 heteroatoms. The van der Waals surface area contributed by atoms with Gasteiger partial charge in [0.05, 0.1) is 16.6 Å². The van der Waals surface area contributed by atoms with E-state index in [1.54, 1.807) is 36.4 Å². The van der Waals surface area contributed by atoms with E-state index in [1.165, 1.54) is 12.1 Å². The van der Waals surface area contributed by atoms with E-state index in [0.717, 1.165) is 19.4 Å². The molecule has 0 unspecified atom stereocenters. The van der Waals surface area contributed by atoms with Crippen LogP contribution >= 0.6 is 0 Å². The van der Waals surface area contributed by atoms with Crippen LogP contribution in [0.25, 0.3) is 0 Å². The van der Waals surface area contributed by atoms with E-state index >= 15 is 0 Å². The van der Waals surface area contributed by atoms with Crippen molar-refractivity contribution in [1.82, 2.24) is 0 Å². The van der Waals surface area contributed by atoms with Gasteiger partial charge in [0, 0.05) is 18.7 Å². The van der Waals surface area contributed by atoms with Gasteiger partial charge in [-0.25, -0.2) is 4.79 Å². The lowest BCUT2D eigenvalue weighted by Gasteiger charge is -2.11. The van der Waals surface area contributed by atoms with Gasteiger partial charge in [0.15, 0.2) is 0 Å². The summed E-state index contributed by atoms with van der Waals surface area (Å²) in [5, 5.41) is 10.6. The number of esters is 1. The van der Waals surface area contributed by atoms with Gasteiger partial charge in [0.1, 0.15) is 19.0 Å². The Labute approximate surface area is 150 Å². The fourth-order valence-corrected chi connectivity index (χ4v) is 2.60. The van der Waals surface area contributed by atoms with Crippen LogP contribution in [-0.4, -0.2) is 30.2 Å². The summed E-state index contributed by atoms with van der Waals surface area (Å²) in [7, 11) is 0. The van der Waals surface area contributed by atoms with Gasteiger partial charge in [0.25, 0.3) is 5.69 Å². The number of carbonyl (C=O) groups excluding carboxylic acids is 1. The molecule has 2 aromatic carbocycles. The van der Waals surface area contributed by atoms with Crippen molar-refractivity contribution >= 4 is 11.7 Å². The van der Waals surface area contributed by atoms with Gasteiger partial charge in [0.2, 0.25) is 0 Å². The number of ether oxygens (including phenoxy) is 3. The molecule has 0 saturated carbocycles. The predicted molar refractivity (Wildman–Crippen MR) is 93.1 cm³/mol. The number of nitrogens with zero attached hydrogens (tertiary/aromatic N) is 1. The van der Waals surface area contributed by atoms with E-state index in [4.69, 9.17) is 14.2 Å². The third-order valence-corrected chi connectivity index (χ3v) is 4.07. The van der Waals surface area contributed by atoms with Crippen molar-refractivity contribution in [3.63, 3.8) is 0 Å². The van der Waals surface area contributed by atoms with E-state index in [9.17, 15) is 14.9 Å². The molecule has 1 heterocycles. The maximum Gasteiger partial charge on any atom is 0.338 e. The predicted octanol–water partition coefficient (Wildman–Crippen LogP) is 3.51. The maximum absolute atomic E-state index is 12.1. The fraction of sp³-hybridized carbons (Fsp3) is 0.316. The summed E-state index contributed by atoms with van der Waals surface area (Å²) in [5.41, 5.74) is 1.09. The average molecular weight is 357 g/mol. The van der Waals surface area contributed by atoms with Crippen molar-refractivity contribution < 1.29 is 23.9 Å². The van der Waals surface area contributed by atoms with Gasteiger partial charge in [-0.2, -0.15) is 0 Å². The summed E-state index contributed by atoms with van der Waals surface area (Å²) >= 11 is 0. The molecule has 0 bridgehead atoms. The highest BCUT2D eigenvalue weighted by atomic mass is 16.6. The number of rotatable bonds is 7. The lowest BCUT2D eigenvalue weighted by atomic mass is 10.2. The molecule has 0 amide bonds. The number of nitro benzene ring substituents is 1. The SMILES string of the molecule is O=C(OCc1ccc([N+](=O)[O-])cc1)c1ccc(OC[C@@H]2CCCO2)cc1. The molecule has 1 saturated heterocycles. The quantitative estimate of drug-likeness (QED) is 0.428. The molecule has 1 atom stereocenters. The molecule has 0 radical (unpaired) electrons. The highest BCUT2D eigenvalue weighted by molar-refractivity contribution is 5.89. The number of hydrogen-bond acceptors (Lipinski definition) is 6. The molecule has 0 spiro atoms. The van der Waals surface area contributed by atoms with Crippen LogP contribution in [0.5, 0.6) is 5.75 Å². The molecular formula is C19H19NO6. The normalized spacial score (nSPS) is 16.2.